The average molecular weight is 516 g/mol. The molecule has 0 aliphatic carbocycles. The maximum absolute atomic E-state index is 12.9. The van der Waals surface area contributed by atoms with Crippen LogP contribution in [0.1, 0.15) is 32.4 Å². The van der Waals surface area contributed by atoms with Gasteiger partial charge in [-0.25, -0.2) is 5.43 Å². The fourth-order valence-corrected chi connectivity index (χ4v) is 6.08. The summed E-state index contributed by atoms with van der Waals surface area (Å²) in [4.78, 5) is 27.3. The summed E-state index contributed by atoms with van der Waals surface area (Å²) in [5.41, 5.74) is 6.25. The summed E-state index contributed by atoms with van der Waals surface area (Å²) in [6, 6.07) is 35.9. The Morgan fingerprint density at radius 2 is 1.50 bits per heavy atom. The van der Waals surface area contributed by atoms with Gasteiger partial charge in [-0.05, 0) is 50.9 Å². The molecule has 5 aromatic carbocycles. The quantitative estimate of drug-likeness (QED) is 0.159. The normalized spacial score (nSPS) is 15.5. The fraction of sp³-hybridized carbons (Fsp3) is 0.0938. The first-order chi connectivity index (χ1) is 18.7. The largest absolute Gasteiger partial charge is 0.322 e. The fourth-order valence-electron chi connectivity index (χ4n) is 4.89. The minimum Gasteiger partial charge on any atom is -0.322 e. The molecule has 1 saturated heterocycles. The number of hydrogen-bond acceptors (Lipinski definition) is 4. The molecule has 2 amide bonds. The molecule has 5 aromatic rings. The second kappa shape index (κ2) is 10.5. The highest BCUT2D eigenvalue weighted by Gasteiger charge is 2.32. The summed E-state index contributed by atoms with van der Waals surface area (Å²) in [5.74, 6) is 0.298. The van der Waals surface area contributed by atoms with Crippen LogP contribution in [-0.2, 0) is 11.3 Å². The van der Waals surface area contributed by atoms with Gasteiger partial charge in [0.15, 0.2) is 0 Å². The second-order valence-corrected chi connectivity index (χ2v) is 10.3. The van der Waals surface area contributed by atoms with E-state index in [0.717, 1.165) is 38.2 Å². The molecule has 1 fully saturated rings. The smallest absolute Gasteiger partial charge is 0.271 e. The van der Waals surface area contributed by atoms with Crippen molar-refractivity contribution in [3.8, 4) is 0 Å². The molecule has 186 valence electrons. The van der Waals surface area contributed by atoms with E-state index in [1.807, 2.05) is 71.6 Å². The standard InChI is InChI=1S/C32H25N3O2S/c36-30-21-38-32(35(30)20-22-8-2-1-3-9-22)24-16-14-23(15-17-24)31(37)34-33-19-29-27-12-6-4-10-25(27)18-26-11-5-7-13-28(26)29/h1-19,32H,20-21H2,(H,34,37)/b33-19-/t32-/m1/s1. The van der Waals surface area contributed by atoms with Crippen LogP contribution in [0.4, 0.5) is 0 Å². The molecule has 0 bridgehead atoms. The zero-order valence-corrected chi connectivity index (χ0v) is 21.4. The van der Waals surface area contributed by atoms with Crippen molar-refractivity contribution in [2.45, 2.75) is 11.9 Å². The minimum absolute atomic E-state index is 0.0718. The molecule has 0 spiro atoms. The average Bonchev–Trinajstić information content (AvgIpc) is 3.32. The van der Waals surface area contributed by atoms with Crippen molar-refractivity contribution >= 4 is 51.3 Å². The van der Waals surface area contributed by atoms with E-state index in [4.69, 9.17) is 0 Å². The lowest BCUT2D eigenvalue weighted by atomic mass is 9.97. The Morgan fingerprint density at radius 3 is 2.18 bits per heavy atom. The first-order valence-corrected chi connectivity index (χ1v) is 13.5. The second-order valence-electron chi connectivity index (χ2n) is 9.22. The highest BCUT2D eigenvalue weighted by Crippen LogP contribution is 2.39. The van der Waals surface area contributed by atoms with Crippen LogP contribution in [0.2, 0.25) is 0 Å². The Labute approximate surface area is 225 Å². The number of thioether (sulfide) groups is 1. The summed E-state index contributed by atoms with van der Waals surface area (Å²) < 4.78 is 0. The predicted octanol–water partition coefficient (Wildman–Crippen LogP) is 6.53. The molecule has 1 aliphatic heterocycles. The first-order valence-electron chi connectivity index (χ1n) is 12.5. The van der Waals surface area contributed by atoms with Gasteiger partial charge in [-0.15, -0.1) is 11.8 Å². The molecule has 1 N–H and O–H groups in total. The zero-order chi connectivity index (χ0) is 25.9. The monoisotopic (exact) mass is 515 g/mol. The summed E-state index contributed by atoms with van der Waals surface area (Å²) in [6.07, 6.45) is 1.72. The van der Waals surface area contributed by atoms with Crippen LogP contribution < -0.4 is 5.43 Å². The molecule has 1 atom stereocenters. The summed E-state index contributed by atoms with van der Waals surface area (Å²) in [7, 11) is 0. The molecule has 0 aromatic heterocycles. The number of carbonyl (C=O) groups excluding carboxylic acids is 2. The van der Waals surface area contributed by atoms with Gasteiger partial charge in [0.25, 0.3) is 5.91 Å². The van der Waals surface area contributed by atoms with Gasteiger partial charge in [0, 0.05) is 17.7 Å². The maximum atomic E-state index is 12.9. The van der Waals surface area contributed by atoms with E-state index in [-0.39, 0.29) is 17.2 Å². The van der Waals surface area contributed by atoms with Crippen LogP contribution in [0, 0.1) is 0 Å². The van der Waals surface area contributed by atoms with Crippen LogP contribution >= 0.6 is 11.8 Å². The lowest BCUT2D eigenvalue weighted by Crippen LogP contribution is -2.27. The third kappa shape index (κ3) is 4.78. The number of rotatable bonds is 6. The molecule has 1 aliphatic rings. The number of nitrogens with zero attached hydrogens (tertiary/aromatic N) is 2. The molecule has 0 saturated carbocycles. The minimum atomic E-state index is -0.284. The number of fused-ring (bicyclic) bond motifs is 2. The van der Waals surface area contributed by atoms with Crippen LogP contribution in [0.3, 0.4) is 0 Å². The third-order valence-electron chi connectivity index (χ3n) is 6.79. The molecular formula is C32H25N3O2S. The van der Waals surface area contributed by atoms with Gasteiger partial charge in [-0.1, -0.05) is 91.0 Å². The molecule has 0 unspecified atom stereocenters. The van der Waals surface area contributed by atoms with Crippen molar-refractivity contribution < 1.29 is 9.59 Å². The molecule has 5 nitrogen and oxygen atoms in total. The van der Waals surface area contributed by atoms with E-state index in [0.29, 0.717) is 17.9 Å². The Morgan fingerprint density at radius 1 is 0.868 bits per heavy atom. The number of hydrazone groups is 1. The van der Waals surface area contributed by atoms with E-state index >= 15 is 0 Å². The van der Waals surface area contributed by atoms with Crippen molar-refractivity contribution in [1.82, 2.24) is 10.3 Å². The SMILES string of the molecule is O=C(N/N=C\c1c2ccccc2cc2ccccc12)c1ccc([C@H]2SCC(=O)N2Cc2ccccc2)cc1. The van der Waals surface area contributed by atoms with Crippen LogP contribution in [0.15, 0.2) is 114 Å². The highest BCUT2D eigenvalue weighted by atomic mass is 32.2. The van der Waals surface area contributed by atoms with Gasteiger partial charge >= 0.3 is 0 Å². The molecule has 38 heavy (non-hydrogen) atoms. The van der Waals surface area contributed by atoms with Gasteiger partial charge in [0.2, 0.25) is 5.91 Å². The van der Waals surface area contributed by atoms with Gasteiger partial charge in [-0.3, -0.25) is 9.59 Å². The molecule has 6 heteroatoms. The van der Waals surface area contributed by atoms with Crippen LogP contribution in [-0.4, -0.2) is 28.7 Å². The Bertz CT molecular complexity index is 1610. The van der Waals surface area contributed by atoms with Gasteiger partial charge in [0.1, 0.15) is 5.37 Å². The zero-order valence-electron chi connectivity index (χ0n) is 20.6. The highest BCUT2D eigenvalue weighted by molar-refractivity contribution is 8.00. The summed E-state index contributed by atoms with van der Waals surface area (Å²) >= 11 is 1.61. The lowest BCUT2D eigenvalue weighted by Gasteiger charge is -2.24. The molecule has 1 heterocycles. The van der Waals surface area contributed by atoms with E-state index in [1.54, 1.807) is 30.1 Å². The number of benzene rings is 5. The van der Waals surface area contributed by atoms with Gasteiger partial charge < -0.3 is 4.90 Å². The van der Waals surface area contributed by atoms with Crippen molar-refractivity contribution in [1.29, 1.82) is 0 Å². The van der Waals surface area contributed by atoms with E-state index < -0.39 is 0 Å². The van der Waals surface area contributed by atoms with Crippen LogP contribution in [0.25, 0.3) is 21.5 Å². The number of hydrogen-bond donors (Lipinski definition) is 1. The Balaban J connectivity index is 1.18. The predicted molar refractivity (Wildman–Crippen MR) is 155 cm³/mol. The van der Waals surface area contributed by atoms with Crippen molar-refractivity contribution in [3.05, 3.63) is 131 Å². The topological polar surface area (TPSA) is 61.8 Å². The lowest BCUT2D eigenvalue weighted by molar-refractivity contribution is -0.128. The Hall–Kier alpha value is -4.42. The van der Waals surface area contributed by atoms with Crippen molar-refractivity contribution in [3.63, 3.8) is 0 Å². The summed E-state index contributed by atoms with van der Waals surface area (Å²) in [5, 5.41) is 8.64. The van der Waals surface area contributed by atoms with Gasteiger partial charge in [0.05, 0.1) is 12.0 Å². The van der Waals surface area contributed by atoms with Gasteiger partial charge in [-0.2, -0.15) is 5.10 Å². The first kappa shape index (κ1) is 23.9. The van der Waals surface area contributed by atoms with E-state index in [1.165, 1.54) is 0 Å². The van der Waals surface area contributed by atoms with E-state index in [9.17, 15) is 9.59 Å². The van der Waals surface area contributed by atoms with Crippen molar-refractivity contribution in [2.24, 2.45) is 5.10 Å². The molecule has 0 radical (unpaired) electrons. The van der Waals surface area contributed by atoms with Crippen molar-refractivity contribution in [2.75, 3.05) is 5.75 Å². The number of amides is 2. The molecular weight excluding hydrogens is 490 g/mol. The third-order valence-corrected chi connectivity index (χ3v) is 8.05. The number of carbonyl (C=O) groups is 2. The van der Waals surface area contributed by atoms with E-state index in [2.05, 4.69) is 40.9 Å². The Kier molecular flexibility index (Phi) is 6.63. The summed E-state index contributed by atoms with van der Waals surface area (Å²) in [6.45, 7) is 0.567. The number of nitrogens with one attached hydrogen (secondary N) is 1. The molecule has 6 rings (SSSR count). The maximum Gasteiger partial charge on any atom is 0.271 e. The van der Waals surface area contributed by atoms with Crippen LogP contribution in [0.5, 0.6) is 0 Å².